The van der Waals surface area contributed by atoms with E-state index in [0.717, 1.165) is 23.1 Å². The smallest absolute Gasteiger partial charge is 0.337 e. The molecule has 39 heavy (non-hydrogen) atoms. The number of benzene rings is 3. The Morgan fingerprint density at radius 1 is 0.949 bits per heavy atom. The number of carbonyl (C=O) groups is 1. The molecule has 0 aromatic heterocycles. The van der Waals surface area contributed by atoms with Gasteiger partial charge in [0.1, 0.15) is 5.75 Å². The van der Waals surface area contributed by atoms with Crippen LogP contribution in [0, 0.1) is 20.8 Å². The maximum atomic E-state index is 12.7. The van der Waals surface area contributed by atoms with Crippen LogP contribution in [0.3, 0.4) is 0 Å². The lowest BCUT2D eigenvalue weighted by molar-refractivity contribution is 0.254. The molecule has 0 unspecified atom stereocenters. The summed E-state index contributed by atoms with van der Waals surface area (Å²) in [7, 11) is -7.44. The fraction of sp³-hybridized carbons (Fsp3) is 0.269. The Morgan fingerprint density at radius 3 is 2.38 bits per heavy atom. The molecule has 13 heteroatoms. The molecule has 0 aliphatic heterocycles. The summed E-state index contributed by atoms with van der Waals surface area (Å²) in [5.74, 6) is 0.757. The van der Waals surface area contributed by atoms with E-state index < -0.39 is 25.9 Å². The molecule has 210 valence electrons. The Hall–Kier alpha value is -3.32. The van der Waals surface area contributed by atoms with E-state index in [1.54, 1.807) is 6.92 Å². The summed E-state index contributed by atoms with van der Waals surface area (Å²) in [6, 6.07) is 13.6. The van der Waals surface area contributed by atoms with Crippen molar-refractivity contribution < 1.29 is 26.4 Å². The van der Waals surface area contributed by atoms with Crippen molar-refractivity contribution in [2.75, 3.05) is 30.1 Å². The number of hydrazine groups is 1. The number of hydrogen-bond acceptors (Lipinski definition) is 7. The molecular weight excluding hydrogens is 564 g/mol. The molecule has 0 aliphatic carbocycles. The first-order valence-electron chi connectivity index (χ1n) is 11.9. The van der Waals surface area contributed by atoms with E-state index in [-0.39, 0.29) is 27.7 Å². The molecule has 10 nitrogen and oxygen atoms in total. The number of hydrogen-bond donors (Lipinski definition) is 4. The van der Waals surface area contributed by atoms with Gasteiger partial charge in [-0.3, -0.25) is 10.9 Å². The van der Waals surface area contributed by atoms with Gasteiger partial charge < -0.3 is 10.1 Å². The Kier molecular flexibility index (Phi) is 9.83. The average molecular weight is 595 g/mol. The first-order chi connectivity index (χ1) is 18.3. The zero-order valence-electron chi connectivity index (χ0n) is 22.0. The molecule has 3 aromatic rings. The summed E-state index contributed by atoms with van der Waals surface area (Å²) < 4.78 is 57.9. The van der Waals surface area contributed by atoms with Gasteiger partial charge >= 0.3 is 6.03 Å². The number of sulfone groups is 1. The third-order valence-corrected chi connectivity index (χ3v) is 8.58. The molecule has 0 spiro atoms. The van der Waals surface area contributed by atoms with Crippen molar-refractivity contribution in [1.29, 1.82) is 0 Å². The van der Waals surface area contributed by atoms with Crippen molar-refractivity contribution in [2.24, 2.45) is 0 Å². The molecule has 0 saturated carbocycles. The minimum absolute atomic E-state index is 0.0340. The molecule has 0 saturated heterocycles. The van der Waals surface area contributed by atoms with Gasteiger partial charge in [-0.2, -0.15) is 0 Å². The van der Waals surface area contributed by atoms with Crippen LogP contribution in [0.15, 0.2) is 64.4 Å². The lowest BCUT2D eigenvalue weighted by Crippen LogP contribution is -2.34. The zero-order chi connectivity index (χ0) is 28.8. The molecule has 3 rings (SSSR count). The van der Waals surface area contributed by atoms with Crippen LogP contribution in [-0.4, -0.2) is 42.3 Å². The molecule has 0 fully saturated rings. The highest BCUT2D eigenvalue weighted by atomic mass is 35.5. The van der Waals surface area contributed by atoms with Crippen LogP contribution in [0.4, 0.5) is 16.2 Å². The Labute approximate surface area is 234 Å². The van der Waals surface area contributed by atoms with Crippen molar-refractivity contribution >= 4 is 48.9 Å². The molecule has 0 bridgehead atoms. The number of nitrogens with one attached hydrogen (secondary N) is 4. The van der Waals surface area contributed by atoms with Crippen molar-refractivity contribution in [3.05, 3.63) is 76.3 Å². The zero-order valence-corrected chi connectivity index (χ0v) is 24.4. The van der Waals surface area contributed by atoms with Crippen molar-refractivity contribution in [1.82, 2.24) is 10.1 Å². The predicted octanol–water partition coefficient (Wildman–Crippen LogP) is 4.56. The van der Waals surface area contributed by atoms with Gasteiger partial charge in [-0.15, -0.1) is 0 Å². The molecule has 2 amide bonds. The van der Waals surface area contributed by atoms with E-state index in [2.05, 4.69) is 20.9 Å². The monoisotopic (exact) mass is 594 g/mol. The first kappa shape index (κ1) is 30.2. The van der Waals surface area contributed by atoms with E-state index >= 15 is 0 Å². The second kappa shape index (κ2) is 12.7. The molecule has 0 radical (unpaired) electrons. The second-order valence-corrected chi connectivity index (χ2v) is 13.1. The highest BCUT2D eigenvalue weighted by molar-refractivity contribution is 7.91. The van der Waals surface area contributed by atoms with Gasteiger partial charge in [-0.05, 0) is 74.7 Å². The van der Waals surface area contributed by atoms with Crippen LogP contribution in [0.25, 0.3) is 0 Å². The fourth-order valence-corrected chi connectivity index (χ4v) is 5.78. The van der Waals surface area contributed by atoms with Gasteiger partial charge in [0.05, 0.1) is 22.1 Å². The standard InChI is InChI=1S/C26H31ClN4O6S2/c1-17-9-10-24(19(3)13-17)37-12-6-11-28-39(35,36)21-8-5-7-20(15-21)29-26(32)31-30-23-16-22(27)18(2)14-25(23)38(4,33)34/h5,7-10,13-16,28,30H,6,11-12H2,1-4H3,(H2,29,31,32). The Balaban J connectivity index is 1.55. The van der Waals surface area contributed by atoms with Crippen LogP contribution in [0.5, 0.6) is 5.75 Å². The number of rotatable bonds is 11. The van der Waals surface area contributed by atoms with E-state index in [0.29, 0.717) is 23.6 Å². The molecule has 4 N–H and O–H groups in total. The lowest BCUT2D eigenvalue weighted by atomic mass is 10.1. The van der Waals surface area contributed by atoms with Crippen LogP contribution in [0.1, 0.15) is 23.1 Å². The van der Waals surface area contributed by atoms with Crippen molar-refractivity contribution in [3.8, 4) is 5.75 Å². The molecular formula is C26H31ClN4O6S2. The molecule has 3 aromatic carbocycles. The van der Waals surface area contributed by atoms with E-state index in [1.165, 1.54) is 36.4 Å². The fourth-order valence-electron chi connectivity index (χ4n) is 3.59. The summed E-state index contributed by atoms with van der Waals surface area (Å²) in [5, 5.41) is 2.82. The number of amides is 2. The summed E-state index contributed by atoms with van der Waals surface area (Å²) in [6.45, 7) is 6.12. The van der Waals surface area contributed by atoms with E-state index in [1.807, 2.05) is 32.0 Å². The van der Waals surface area contributed by atoms with Gasteiger partial charge in [-0.1, -0.05) is 35.4 Å². The highest BCUT2D eigenvalue weighted by Gasteiger charge is 2.17. The predicted molar refractivity (Wildman–Crippen MR) is 153 cm³/mol. The topological polar surface area (TPSA) is 143 Å². The van der Waals surface area contributed by atoms with E-state index in [9.17, 15) is 21.6 Å². The highest BCUT2D eigenvalue weighted by Crippen LogP contribution is 2.28. The maximum absolute atomic E-state index is 12.7. The van der Waals surface area contributed by atoms with E-state index in [4.69, 9.17) is 16.3 Å². The molecule has 0 aliphatic rings. The van der Waals surface area contributed by atoms with Crippen LogP contribution < -0.4 is 25.6 Å². The number of urea groups is 1. The summed E-state index contributed by atoms with van der Waals surface area (Å²) in [4.78, 5) is 12.3. The SMILES string of the molecule is Cc1ccc(OCCCNS(=O)(=O)c2cccc(NC(=O)NNc3cc(Cl)c(C)cc3S(C)(=O)=O)c2)c(C)c1. The Bertz CT molecular complexity index is 1580. The summed E-state index contributed by atoms with van der Waals surface area (Å²) >= 11 is 6.10. The Morgan fingerprint density at radius 2 is 1.69 bits per heavy atom. The van der Waals surface area contributed by atoms with Crippen LogP contribution in [0.2, 0.25) is 5.02 Å². The van der Waals surface area contributed by atoms with Gasteiger partial charge in [0.15, 0.2) is 9.84 Å². The minimum atomic E-state index is -3.84. The van der Waals surface area contributed by atoms with Gasteiger partial charge in [0.25, 0.3) is 0 Å². The van der Waals surface area contributed by atoms with Crippen LogP contribution >= 0.6 is 11.6 Å². The van der Waals surface area contributed by atoms with Gasteiger partial charge in [0.2, 0.25) is 10.0 Å². The normalized spacial score (nSPS) is 11.6. The number of anilines is 2. The first-order valence-corrected chi connectivity index (χ1v) is 15.6. The minimum Gasteiger partial charge on any atom is -0.493 e. The number of carbonyl (C=O) groups excluding carboxylic acids is 1. The number of aryl methyl sites for hydroxylation is 3. The largest absolute Gasteiger partial charge is 0.493 e. The second-order valence-electron chi connectivity index (χ2n) is 8.97. The molecule has 0 heterocycles. The summed E-state index contributed by atoms with van der Waals surface area (Å²) in [6.07, 6.45) is 1.50. The van der Waals surface area contributed by atoms with Gasteiger partial charge in [-0.25, -0.2) is 26.4 Å². The number of sulfonamides is 1. The van der Waals surface area contributed by atoms with Crippen molar-refractivity contribution in [2.45, 2.75) is 37.0 Å². The summed E-state index contributed by atoms with van der Waals surface area (Å²) in [5.41, 5.74) is 7.88. The van der Waals surface area contributed by atoms with Gasteiger partial charge in [0, 0.05) is 23.5 Å². The van der Waals surface area contributed by atoms with Crippen LogP contribution in [-0.2, 0) is 19.9 Å². The lowest BCUT2D eigenvalue weighted by Gasteiger charge is -2.15. The van der Waals surface area contributed by atoms with Crippen molar-refractivity contribution in [3.63, 3.8) is 0 Å². The quantitative estimate of drug-likeness (QED) is 0.188. The third kappa shape index (κ3) is 8.59. The number of ether oxygens (including phenoxy) is 1. The number of halogens is 1. The average Bonchev–Trinajstić information content (AvgIpc) is 2.85. The molecule has 0 atom stereocenters. The third-order valence-electron chi connectivity index (χ3n) is 5.57. The maximum Gasteiger partial charge on any atom is 0.337 e.